The van der Waals surface area contributed by atoms with Crippen molar-refractivity contribution in [2.75, 3.05) is 0 Å². The molecule has 0 fully saturated rings. The van der Waals surface area contributed by atoms with Crippen molar-refractivity contribution in [2.45, 2.75) is 6.61 Å². The molecule has 0 bridgehead atoms. The molecule has 0 amide bonds. The number of nitrogens with zero attached hydrogens (tertiary/aromatic N) is 1. The van der Waals surface area contributed by atoms with Crippen molar-refractivity contribution in [1.82, 2.24) is 5.16 Å². The minimum Gasteiger partial charge on any atom is -0.487 e. The van der Waals surface area contributed by atoms with E-state index in [0.29, 0.717) is 28.5 Å². The van der Waals surface area contributed by atoms with Gasteiger partial charge in [-0.05, 0) is 30.3 Å². The van der Waals surface area contributed by atoms with E-state index in [4.69, 9.17) is 18.1 Å². The highest BCUT2D eigenvalue weighted by molar-refractivity contribution is 5.77. The lowest BCUT2D eigenvalue weighted by Gasteiger charge is -2.04. The fourth-order valence-electron chi connectivity index (χ4n) is 2.20. The van der Waals surface area contributed by atoms with Crippen molar-refractivity contribution in [2.24, 2.45) is 0 Å². The Bertz CT molecular complexity index is 997. The summed E-state index contributed by atoms with van der Waals surface area (Å²) in [5, 5.41) is 4.76. The molecule has 1 aromatic carbocycles. The first-order valence-corrected chi connectivity index (χ1v) is 6.94. The molecular weight excluding hydrogens is 298 g/mol. The highest BCUT2D eigenvalue weighted by Crippen LogP contribution is 2.23. The predicted molar refractivity (Wildman–Crippen MR) is 81.0 cm³/mol. The zero-order chi connectivity index (χ0) is 15.6. The average molecular weight is 309 g/mol. The van der Waals surface area contributed by atoms with Gasteiger partial charge in [0.05, 0.1) is 6.26 Å². The number of ether oxygens (including phenoxy) is 1. The second-order valence-corrected chi connectivity index (χ2v) is 4.90. The van der Waals surface area contributed by atoms with E-state index in [9.17, 15) is 4.79 Å². The van der Waals surface area contributed by atoms with E-state index in [0.717, 1.165) is 5.39 Å². The van der Waals surface area contributed by atoms with Gasteiger partial charge >= 0.3 is 5.63 Å². The van der Waals surface area contributed by atoms with Gasteiger partial charge in [-0.25, -0.2) is 4.79 Å². The van der Waals surface area contributed by atoms with Gasteiger partial charge in [0.15, 0.2) is 5.76 Å². The lowest BCUT2D eigenvalue weighted by atomic mass is 10.2. The van der Waals surface area contributed by atoms with E-state index >= 15 is 0 Å². The SMILES string of the molecule is O=c1ccc2ccc(OCc3cc(-c4ccco4)on3)cc2o1. The van der Waals surface area contributed by atoms with Crippen LogP contribution in [0.5, 0.6) is 5.75 Å². The maximum atomic E-state index is 11.3. The number of rotatable bonds is 4. The van der Waals surface area contributed by atoms with Crippen molar-refractivity contribution in [3.05, 3.63) is 70.9 Å². The van der Waals surface area contributed by atoms with Crippen LogP contribution in [0.2, 0.25) is 0 Å². The molecule has 0 atom stereocenters. The fraction of sp³-hybridized carbons (Fsp3) is 0.0588. The third-order valence-electron chi connectivity index (χ3n) is 3.30. The molecule has 0 saturated heterocycles. The Morgan fingerprint density at radius 2 is 1.96 bits per heavy atom. The molecule has 3 heterocycles. The minimum atomic E-state index is -0.394. The lowest BCUT2D eigenvalue weighted by Crippen LogP contribution is -1.97. The Morgan fingerprint density at radius 1 is 1.04 bits per heavy atom. The Balaban J connectivity index is 1.51. The molecule has 4 aromatic rings. The molecule has 3 aromatic heterocycles. The van der Waals surface area contributed by atoms with Crippen molar-refractivity contribution in [1.29, 1.82) is 0 Å². The van der Waals surface area contributed by atoms with Crippen LogP contribution in [0.3, 0.4) is 0 Å². The summed E-state index contributed by atoms with van der Waals surface area (Å²) in [7, 11) is 0. The van der Waals surface area contributed by atoms with E-state index in [-0.39, 0.29) is 6.61 Å². The summed E-state index contributed by atoms with van der Waals surface area (Å²) in [4.78, 5) is 11.3. The predicted octanol–water partition coefficient (Wildman–Crippen LogP) is 3.62. The highest BCUT2D eigenvalue weighted by atomic mass is 16.5. The zero-order valence-corrected chi connectivity index (χ0v) is 11.9. The van der Waals surface area contributed by atoms with E-state index in [1.54, 1.807) is 42.7 Å². The van der Waals surface area contributed by atoms with Crippen molar-refractivity contribution in [3.8, 4) is 17.3 Å². The van der Waals surface area contributed by atoms with Gasteiger partial charge in [-0.3, -0.25) is 0 Å². The smallest absolute Gasteiger partial charge is 0.336 e. The Morgan fingerprint density at radius 3 is 2.83 bits per heavy atom. The van der Waals surface area contributed by atoms with Crippen LogP contribution in [0.15, 0.2) is 72.9 Å². The molecular formula is C17H11NO5. The van der Waals surface area contributed by atoms with Gasteiger partial charge < -0.3 is 18.1 Å². The molecule has 23 heavy (non-hydrogen) atoms. The van der Waals surface area contributed by atoms with Gasteiger partial charge in [-0.1, -0.05) is 5.16 Å². The summed E-state index contributed by atoms with van der Waals surface area (Å²) in [6.45, 7) is 0.229. The molecule has 0 aliphatic rings. The standard InChI is InChI=1S/C17H11NO5/c19-17-6-4-11-3-5-13(9-15(11)22-17)21-10-12-8-16(23-18-12)14-2-1-7-20-14/h1-9H,10H2. The average Bonchev–Trinajstić information content (AvgIpc) is 3.23. The Kier molecular flexibility index (Phi) is 3.20. The molecule has 0 spiro atoms. The normalized spacial score (nSPS) is 11.0. The quantitative estimate of drug-likeness (QED) is 0.536. The van der Waals surface area contributed by atoms with E-state index in [2.05, 4.69) is 5.16 Å². The van der Waals surface area contributed by atoms with E-state index < -0.39 is 5.63 Å². The number of hydrogen-bond donors (Lipinski definition) is 0. The highest BCUT2D eigenvalue weighted by Gasteiger charge is 2.09. The van der Waals surface area contributed by atoms with Crippen LogP contribution in [0.1, 0.15) is 5.69 Å². The Labute approximate surface area is 129 Å². The molecule has 0 aliphatic heterocycles. The van der Waals surface area contributed by atoms with Crippen LogP contribution in [0.25, 0.3) is 22.5 Å². The number of furan rings is 1. The molecule has 0 radical (unpaired) electrons. The van der Waals surface area contributed by atoms with Crippen molar-refractivity contribution < 1.29 is 18.1 Å². The van der Waals surface area contributed by atoms with Crippen LogP contribution in [0, 0.1) is 0 Å². The minimum absolute atomic E-state index is 0.229. The first-order chi connectivity index (χ1) is 11.3. The maximum Gasteiger partial charge on any atom is 0.336 e. The number of fused-ring (bicyclic) bond motifs is 1. The van der Waals surface area contributed by atoms with Crippen LogP contribution in [-0.2, 0) is 6.61 Å². The van der Waals surface area contributed by atoms with E-state index in [1.165, 1.54) is 6.07 Å². The number of hydrogen-bond acceptors (Lipinski definition) is 6. The fourth-order valence-corrected chi connectivity index (χ4v) is 2.20. The Hall–Kier alpha value is -3.28. The molecule has 0 saturated carbocycles. The summed E-state index contributed by atoms with van der Waals surface area (Å²) in [6.07, 6.45) is 1.57. The van der Waals surface area contributed by atoms with Crippen molar-refractivity contribution in [3.63, 3.8) is 0 Å². The molecule has 0 N–H and O–H groups in total. The van der Waals surface area contributed by atoms with Crippen molar-refractivity contribution >= 4 is 11.0 Å². The van der Waals surface area contributed by atoms with Gasteiger partial charge in [-0.2, -0.15) is 0 Å². The van der Waals surface area contributed by atoms with Crippen LogP contribution in [0.4, 0.5) is 0 Å². The van der Waals surface area contributed by atoms with Gasteiger partial charge in [0.25, 0.3) is 0 Å². The molecule has 114 valence electrons. The van der Waals surface area contributed by atoms with E-state index in [1.807, 2.05) is 6.07 Å². The maximum absolute atomic E-state index is 11.3. The molecule has 0 unspecified atom stereocenters. The van der Waals surface area contributed by atoms with Crippen LogP contribution in [-0.4, -0.2) is 5.16 Å². The van der Waals surface area contributed by atoms with Gasteiger partial charge in [-0.15, -0.1) is 0 Å². The third kappa shape index (κ3) is 2.74. The molecule has 6 nitrogen and oxygen atoms in total. The first-order valence-electron chi connectivity index (χ1n) is 6.94. The third-order valence-corrected chi connectivity index (χ3v) is 3.30. The second-order valence-electron chi connectivity index (χ2n) is 4.90. The largest absolute Gasteiger partial charge is 0.487 e. The summed E-state index contributed by atoms with van der Waals surface area (Å²) in [5.41, 5.74) is 0.715. The molecule has 4 rings (SSSR count). The lowest BCUT2D eigenvalue weighted by molar-refractivity contribution is 0.289. The topological polar surface area (TPSA) is 78.6 Å². The van der Waals surface area contributed by atoms with Gasteiger partial charge in [0.2, 0.25) is 5.76 Å². The number of aromatic nitrogens is 1. The van der Waals surface area contributed by atoms with Crippen LogP contribution < -0.4 is 10.4 Å². The first kappa shape index (κ1) is 13.4. The number of benzene rings is 1. The molecule has 0 aliphatic carbocycles. The van der Waals surface area contributed by atoms with Crippen LogP contribution >= 0.6 is 0 Å². The summed E-state index contributed by atoms with van der Waals surface area (Å²) in [6, 6.07) is 13.7. The van der Waals surface area contributed by atoms with Gasteiger partial charge in [0, 0.05) is 23.6 Å². The summed E-state index contributed by atoms with van der Waals surface area (Å²) < 4.78 is 21.2. The van der Waals surface area contributed by atoms with Gasteiger partial charge in [0.1, 0.15) is 23.6 Å². The molecule has 6 heteroatoms. The zero-order valence-electron chi connectivity index (χ0n) is 11.9. The summed E-state index contributed by atoms with van der Waals surface area (Å²) in [5.74, 6) is 1.73. The second kappa shape index (κ2) is 5.49. The summed E-state index contributed by atoms with van der Waals surface area (Å²) >= 11 is 0. The monoisotopic (exact) mass is 309 g/mol.